The molecule has 0 radical (unpaired) electrons. The Morgan fingerprint density at radius 3 is 1.23 bits per heavy atom. The summed E-state index contributed by atoms with van der Waals surface area (Å²) in [5.41, 5.74) is 10.2. The maximum atomic E-state index is 6.62. The van der Waals surface area contributed by atoms with Crippen molar-refractivity contribution >= 4 is 54.9 Å². The highest BCUT2D eigenvalue weighted by atomic mass is 31.2. The lowest BCUT2D eigenvalue weighted by molar-refractivity contribution is 1.26. The number of hydrogen-bond donors (Lipinski definition) is 0. The zero-order valence-electron chi connectivity index (χ0n) is 28.8. The first-order valence-electron chi connectivity index (χ1n) is 16.7. The molecule has 0 unspecified atom stereocenters. The van der Waals surface area contributed by atoms with Gasteiger partial charge in [0, 0.05) is 16.3 Å². The number of nitrogens with zero attached hydrogens (tertiary/aromatic N) is 3. The van der Waals surface area contributed by atoms with Crippen molar-refractivity contribution in [2.24, 2.45) is 4.52 Å². The van der Waals surface area contributed by atoms with Gasteiger partial charge < -0.3 is 4.58 Å². The Bertz CT molecular complexity index is 2010. The Hall–Kier alpha value is -4.36. The van der Waals surface area contributed by atoms with E-state index >= 15 is 0 Å². The van der Waals surface area contributed by atoms with Crippen LogP contribution in [0.5, 0.6) is 0 Å². The van der Waals surface area contributed by atoms with Crippen LogP contribution < -0.4 is 30.4 Å². The van der Waals surface area contributed by atoms with E-state index in [1.165, 1.54) is 66.0 Å². The number of aryl methyl sites for hydroxylation is 6. The van der Waals surface area contributed by atoms with Crippen molar-refractivity contribution in [3.63, 3.8) is 0 Å². The second kappa shape index (κ2) is 12.9. The Balaban J connectivity index is 1.75. The van der Waals surface area contributed by atoms with Crippen LogP contribution in [0.15, 0.2) is 150 Å². The largest absolute Gasteiger partial charge is 0.406 e. The lowest BCUT2D eigenvalue weighted by Crippen LogP contribution is -2.52. The topological polar surface area (TPSA) is 18.8 Å². The molecule has 0 bridgehead atoms. The summed E-state index contributed by atoms with van der Waals surface area (Å²) in [6, 6.07) is 53.9. The third-order valence-electron chi connectivity index (χ3n) is 9.48. The van der Waals surface area contributed by atoms with Crippen molar-refractivity contribution < 1.29 is 0 Å². The summed E-state index contributed by atoms with van der Waals surface area (Å²) in [4.78, 5) is 0. The Kier molecular flexibility index (Phi) is 8.67. The molecule has 0 saturated carbocycles. The zero-order valence-corrected chi connectivity index (χ0v) is 30.6. The molecule has 0 N–H and O–H groups in total. The summed E-state index contributed by atoms with van der Waals surface area (Å²) in [5, 5.41) is 5.07. The first kappa shape index (κ1) is 32.2. The smallest absolute Gasteiger partial charge is 0.353 e. The van der Waals surface area contributed by atoms with Crippen LogP contribution in [-0.4, -0.2) is 7.55 Å². The van der Waals surface area contributed by atoms with Crippen LogP contribution in [0.25, 0.3) is 0 Å². The van der Waals surface area contributed by atoms with Crippen LogP contribution in [0.2, 0.25) is 0 Å². The van der Waals surface area contributed by atoms with Crippen LogP contribution >= 0.6 is 14.8 Å². The van der Waals surface area contributed by atoms with Gasteiger partial charge in [0.2, 0.25) is 0 Å². The van der Waals surface area contributed by atoms with Crippen LogP contribution in [0.4, 0.5) is 11.4 Å². The monoisotopic (exact) mass is 662 g/mol. The molecule has 0 amide bonds. The van der Waals surface area contributed by atoms with Gasteiger partial charge in [-0.15, -0.1) is 0 Å². The Labute approximate surface area is 288 Å². The molecule has 6 aromatic carbocycles. The van der Waals surface area contributed by atoms with Gasteiger partial charge in [0.1, 0.15) is 17.8 Å². The number of rotatable bonds is 6. The van der Waals surface area contributed by atoms with Crippen molar-refractivity contribution in [3.05, 3.63) is 179 Å². The van der Waals surface area contributed by atoms with Crippen LogP contribution in [0, 0.1) is 41.5 Å². The number of benzene rings is 6. The molecule has 0 aliphatic carbocycles. The van der Waals surface area contributed by atoms with E-state index < -0.39 is 14.8 Å². The third kappa shape index (κ3) is 5.33. The van der Waals surface area contributed by atoms with Crippen molar-refractivity contribution in [2.45, 2.75) is 41.5 Å². The van der Waals surface area contributed by atoms with Crippen molar-refractivity contribution in [2.75, 3.05) is 9.16 Å². The minimum absolute atomic E-state index is 0.689. The molecular formula is C42H43BN3P2+. The second-order valence-electron chi connectivity index (χ2n) is 13.1. The summed E-state index contributed by atoms with van der Waals surface area (Å²) < 4.78 is 12.1. The van der Waals surface area contributed by atoms with Gasteiger partial charge in [-0.25, -0.2) is 4.58 Å². The van der Waals surface area contributed by atoms with Crippen LogP contribution in [-0.2, 0) is 0 Å². The molecule has 48 heavy (non-hydrogen) atoms. The van der Waals surface area contributed by atoms with Crippen LogP contribution in [0.1, 0.15) is 33.4 Å². The molecular weight excluding hydrogens is 619 g/mol. The molecule has 3 nitrogen and oxygen atoms in total. The molecule has 0 aromatic heterocycles. The van der Waals surface area contributed by atoms with Crippen molar-refractivity contribution in [1.82, 2.24) is 0 Å². The van der Waals surface area contributed by atoms with E-state index in [4.69, 9.17) is 4.52 Å². The highest BCUT2D eigenvalue weighted by Crippen LogP contribution is 2.74. The fourth-order valence-corrected chi connectivity index (χ4v) is 17.7. The van der Waals surface area contributed by atoms with Gasteiger partial charge in [0.25, 0.3) is 7.56 Å². The van der Waals surface area contributed by atoms with E-state index in [1.807, 2.05) is 0 Å². The van der Waals surface area contributed by atoms with E-state index in [9.17, 15) is 0 Å². The third-order valence-corrected chi connectivity index (χ3v) is 17.7. The first-order chi connectivity index (χ1) is 23.3. The zero-order chi connectivity index (χ0) is 33.5. The van der Waals surface area contributed by atoms with E-state index in [1.54, 1.807) is 0 Å². The van der Waals surface area contributed by atoms with Gasteiger partial charge >= 0.3 is 7.55 Å². The first-order valence-corrected chi connectivity index (χ1v) is 20.1. The SMILES string of the molecule is Cc1cc(C)c(N2BN(c3c(C)cc(C)cc3C)[P+](c3ccccc3)(c3ccccc3)N=P2(c2ccccc2)c2ccccc2)c(C)c1. The predicted molar refractivity (Wildman–Crippen MR) is 214 cm³/mol. The molecule has 0 spiro atoms. The lowest BCUT2D eigenvalue weighted by Gasteiger charge is -2.49. The molecule has 0 saturated heterocycles. The Morgan fingerprint density at radius 2 is 0.833 bits per heavy atom. The average Bonchev–Trinajstić information content (AvgIpc) is 3.09. The standard InChI is InChI=1S/C42H43BN3P2/c1-31-27-33(3)41(34(4)28-31)45-43-46(42-35(5)29-32(2)30-36(42)6)48(39-23-15-9-16-24-39,40-25-17-10-18-26-40)44-47(45,37-19-11-7-12-20-37)38-21-13-8-14-22-38/h7-30,43H,1-6H3/q+1. The maximum absolute atomic E-state index is 6.62. The average molecular weight is 663 g/mol. The minimum atomic E-state index is -2.68. The maximum Gasteiger partial charge on any atom is 0.406 e. The summed E-state index contributed by atoms with van der Waals surface area (Å²) in [5.74, 6) is 0. The van der Waals surface area contributed by atoms with E-state index in [0.29, 0.717) is 7.55 Å². The molecule has 6 heteroatoms. The predicted octanol–water partition coefficient (Wildman–Crippen LogP) is 9.40. The fourth-order valence-electron chi connectivity index (χ4n) is 7.79. The van der Waals surface area contributed by atoms with Crippen molar-refractivity contribution in [3.8, 4) is 0 Å². The fraction of sp³-hybridized carbons (Fsp3) is 0.143. The van der Waals surface area contributed by atoms with Gasteiger partial charge in [-0.2, -0.15) is 0 Å². The minimum Gasteiger partial charge on any atom is -0.353 e. The molecule has 0 atom stereocenters. The summed E-state index contributed by atoms with van der Waals surface area (Å²) in [6.45, 7) is 13.5. The summed E-state index contributed by atoms with van der Waals surface area (Å²) >= 11 is 0. The molecule has 1 heterocycles. The van der Waals surface area contributed by atoms with Gasteiger partial charge in [-0.3, -0.25) is 0 Å². The summed E-state index contributed by atoms with van der Waals surface area (Å²) in [6.07, 6.45) is 0. The normalized spacial score (nSPS) is 15.0. The van der Waals surface area contributed by atoms with Gasteiger partial charge in [-0.05, 0) is 88.1 Å². The quantitative estimate of drug-likeness (QED) is 0.131. The van der Waals surface area contributed by atoms with Gasteiger partial charge in [0.15, 0.2) is 0 Å². The number of hydrogen-bond acceptors (Lipinski definition) is 3. The van der Waals surface area contributed by atoms with E-state index in [0.717, 1.165) is 0 Å². The van der Waals surface area contributed by atoms with Crippen LogP contribution in [0.3, 0.4) is 0 Å². The molecule has 1 aliphatic heterocycles. The molecule has 1 aliphatic rings. The molecule has 0 fully saturated rings. The molecule has 238 valence electrons. The molecule has 6 aromatic rings. The van der Waals surface area contributed by atoms with E-state index in [2.05, 4.69) is 196 Å². The number of anilines is 2. The lowest BCUT2D eigenvalue weighted by atomic mass is 9.98. The highest BCUT2D eigenvalue weighted by Gasteiger charge is 2.59. The summed E-state index contributed by atoms with van der Waals surface area (Å²) in [7, 11) is -4.67. The van der Waals surface area contributed by atoms with Gasteiger partial charge in [0.05, 0.1) is 5.69 Å². The highest BCUT2D eigenvalue weighted by molar-refractivity contribution is 7.99. The van der Waals surface area contributed by atoms with Crippen molar-refractivity contribution in [1.29, 1.82) is 0 Å². The second-order valence-corrected chi connectivity index (χ2v) is 19.2. The van der Waals surface area contributed by atoms with E-state index in [-0.39, 0.29) is 0 Å². The Morgan fingerprint density at radius 1 is 0.479 bits per heavy atom. The van der Waals surface area contributed by atoms with Gasteiger partial charge in [-0.1, -0.05) is 137 Å². The molecule has 7 rings (SSSR count).